The van der Waals surface area contributed by atoms with Crippen molar-refractivity contribution in [2.45, 2.75) is 19.8 Å². The number of aromatic amines is 1. The van der Waals surface area contributed by atoms with Gasteiger partial charge in [-0.1, -0.05) is 24.9 Å². The molecule has 0 atom stereocenters. The van der Waals surface area contributed by atoms with Crippen molar-refractivity contribution in [3.63, 3.8) is 0 Å². The highest BCUT2D eigenvalue weighted by atomic mass is 35.5. The predicted molar refractivity (Wildman–Crippen MR) is 51.3 cm³/mol. The Hall–Kier alpha value is -1.03. The van der Waals surface area contributed by atoms with Crippen LogP contribution in [0.15, 0.2) is 9.59 Å². The van der Waals surface area contributed by atoms with Gasteiger partial charge >= 0.3 is 5.69 Å². The maximum absolute atomic E-state index is 11.5. The lowest BCUT2D eigenvalue weighted by Gasteiger charge is -2.02. The average Bonchev–Trinajstić information content (AvgIpc) is 2.09. The van der Waals surface area contributed by atoms with Gasteiger partial charge in [-0.2, -0.15) is 0 Å². The zero-order valence-corrected chi connectivity index (χ0v) is 8.31. The first kappa shape index (κ1) is 10.1. The Morgan fingerprint density at radius 2 is 2.08 bits per heavy atom. The van der Waals surface area contributed by atoms with Crippen LogP contribution in [0.3, 0.4) is 0 Å². The molecule has 0 bridgehead atoms. The van der Waals surface area contributed by atoms with Gasteiger partial charge in [0.1, 0.15) is 5.15 Å². The maximum Gasteiger partial charge on any atom is 0.329 e. The van der Waals surface area contributed by atoms with Gasteiger partial charge in [0, 0.05) is 7.05 Å². The van der Waals surface area contributed by atoms with E-state index >= 15 is 0 Å². The smallest absolute Gasteiger partial charge is 0.297 e. The fourth-order valence-electron chi connectivity index (χ4n) is 1.11. The molecule has 1 heterocycles. The van der Waals surface area contributed by atoms with Crippen LogP contribution in [0.25, 0.3) is 0 Å². The number of H-pyrrole nitrogens is 1. The summed E-state index contributed by atoms with van der Waals surface area (Å²) in [6.45, 7) is 1.95. The van der Waals surface area contributed by atoms with E-state index in [-0.39, 0.29) is 10.7 Å². The number of hydrogen-bond donors (Lipinski definition) is 1. The number of rotatable bonds is 2. The van der Waals surface area contributed by atoms with Gasteiger partial charge in [-0.05, 0) is 6.42 Å². The average molecular weight is 203 g/mol. The molecule has 0 fully saturated rings. The highest BCUT2D eigenvalue weighted by molar-refractivity contribution is 6.30. The summed E-state index contributed by atoms with van der Waals surface area (Å²) in [7, 11) is 1.43. The minimum Gasteiger partial charge on any atom is -0.297 e. The second-order valence-corrected chi connectivity index (χ2v) is 3.21. The van der Waals surface area contributed by atoms with Crippen LogP contribution in [0.5, 0.6) is 0 Å². The number of aromatic nitrogens is 2. The standard InChI is InChI=1S/C8H11ClN2O2/c1-3-4-5-6(9)10-8(13)11(2)7(5)12/h3-4H2,1-2H3,(H,10,13). The zero-order chi connectivity index (χ0) is 10.0. The van der Waals surface area contributed by atoms with Crippen LogP contribution in [0.1, 0.15) is 18.9 Å². The molecule has 4 nitrogen and oxygen atoms in total. The van der Waals surface area contributed by atoms with Crippen molar-refractivity contribution in [2.24, 2.45) is 7.05 Å². The summed E-state index contributed by atoms with van der Waals surface area (Å²) in [5, 5.41) is 0.162. The van der Waals surface area contributed by atoms with Crippen molar-refractivity contribution in [1.29, 1.82) is 0 Å². The Morgan fingerprint density at radius 1 is 1.46 bits per heavy atom. The lowest BCUT2D eigenvalue weighted by molar-refractivity contribution is 0.743. The molecule has 72 valence electrons. The van der Waals surface area contributed by atoms with Crippen molar-refractivity contribution in [2.75, 3.05) is 0 Å². The fraction of sp³-hybridized carbons (Fsp3) is 0.500. The van der Waals surface area contributed by atoms with Crippen molar-refractivity contribution in [1.82, 2.24) is 9.55 Å². The SMILES string of the molecule is CCCc1c(Cl)[nH]c(=O)n(C)c1=O. The molecule has 13 heavy (non-hydrogen) atoms. The molecule has 0 aliphatic rings. The van der Waals surface area contributed by atoms with E-state index in [0.717, 1.165) is 11.0 Å². The largest absolute Gasteiger partial charge is 0.329 e. The Bertz CT molecular complexity index is 419. The molecule has 0 amide bonds. The monoisotopic (exact) mass is 202 g/mol. The van der Waals surface area contributed by atoms with Crippen LogP contribution < -0.4 is 11.2 Å². The summed E-state index contributed by atoms with van der Waals surface area (Å²) < 4.78 is 1.02. The third kappa shape index (κ3) is 1.83. The Kier molecular flexibility index (Phi) is 2.93. The quantitative estimate of drug-likeness (QED) is 0.718. The minimum atomic E-state index is -0.477. The second kappa shape index (κ2) is 3.79. The van der Waals surface area contributed by atoms with Crippen molar-refractivity contribution in [3.8, 4) is 0 Å². The third-order valence-corrected chi connectivity index (χ3v) is 2.17. The number of nitrogens with one attached hydrogen (secondary N) is 1. The van der Waals surface area contributed by atoms with Crippen LogP contribution in [-0.2, 0) is 13.5 Å². The lowest BCUT2D eigenvalue weighted by atomic mass is 10.2. The molecule has 0 saturated carbocycles. The molecule has 1 aromatic heterocycles. The van der Waals surface area contributed by atoms with Crippen LogP contribution in [0.2, 0.25) is 5.15 Å². The van der Waals surface area contributed by atoms with Crippen molar-refractivity contribution >= 4 is 11.6 Å². The van der Waals surface area contributed by atoms with Gasteiger partial charge in [-0.15, -0.1) is 0 Å². The molecular formula is C8H11ClN2O2. The summed E-state index contributed by atoms with van der Waals surface area (Å²) in [5.74, 6) is 0. The molecule has 0 radical (unpaired) electrons. The molecule has 0 aliphatic heterocycles. The van der Waals surface area contributed by atoms with Gasteiger partial charge in [0.2, 0.25) is 0 Å². The molecule has 1 N–H and O–H groups in total. The molecule has 1 rings (SSSR count). The lowest BCUT2D eigenvalue weighted by Crippen LogP contribution is -2.35. The summed E-state index contributed by atoms with van der Waals surface area (Å²) in [6, 6.07) is 0. The molecule has 0 saturated heterocycles. The molecule has 0 spiro atoms. The third-order valence-electron chi connectivity index (χ3n) is 1.85. The van der Waals surface area contributed by atoms with E-state index < -0.39 is 5.69 Å². The molecule has 0 unspecified atom stereocenters. The van der Waals surface area contributed by atoms with Crippen LogP contribution in [0, 0.1) is 0 Å². The number of hydrogen-bond acceptors (Lipinski definition) is 2. The van der Waals surface area contributed by atoms with Gasteiger partial charge in [0.05, 0.1) is 5.56 Å². The summed E-state index contributed by atoms with van der Waals surface area (Å²) in [5.41, 5.74) is -0.309. The first-order valence-corrected chi connectivity index (χ1v) is 4.43. The van der Waals surface area contributed by atoms with Crippen molar-refractivity contribution in [3.05, 3.63) is 31.6 Å². The van der Waals surface area contributed by atoms with E-state index in [1.165, 1.54) is 7.05 Å². The summed E-state index contributed by atoms with van der Waals surface area (Å²) in [6.07, 6.45) is 1.41. The highest BCUT2D eigenvalue weighted by Gasteiger charge is 2.08. The summed E-state index contributed by atoms with van der Waals surface area (Å²) >= 11 is 5.72. The van der Waals surface area contributed by atoms with Crippen LogP contribution >= 0.6 is 11.6 Å². The van der Waals surface area contributed by atoms with E-state index in [4.69, 9.17) is 11.6 Å². The molecule has 0 aromatic carbocycles. The van der Waals surface area contributed by atoms with Gasteiger partial charge < -0.3 is 0 Å². The Labute approximate surface area is 80.2 Å². The topological polar surface area (TPSA) is 54.9 Å². The van der Waals surface area contributed by atoms with E-state index in [9.17, 15) is 9.59 Å². The van der Waals surface area contributed by atoms with Crippen LogP contribution in [0.4, 0.5) is 0 Å². The molecular weight excluding hydrogens is 192 g/mol. The maximum atomic E-state index is 11.5. The predicted octanol–water partition coefficient (Wildman–Crippen LogP) is 0.679. The van der Waals surface area contributed by atoms with Gasteiger partial charge in [0.15, 0.2) is 0 Å². The van der Waals surface area contributed by atoms with Crippen LogP contribution in [-0.4, -0.2) is 9.55 Å². The zero-order valence-electron chi connectivity index (χ0n) is 7.56. The first-order chi connectivity index (χ1) is 6.07. The van der Waals surface area contributed by atoms with E-state index in [2.05, 4.69) is 4.98 Å². The Balaban J connectivity index is 3.44. The minimum absolute atomic E-state index is 0.162. The first-order valence-electron chi connectivity index (χ1n) is 4.05. The van der Waals surface area contributed by atoms with Gasteiger partial charge in [-0.25, -0.2) is 4.79 Å². The Morgan fingerprint density at radius 3 is 2.62 bits per heavy atom. The van der Waals surface area contributed by atoms with Gasteiger partial charge in [-0.3, -0.25) is 14.3 Å². The fourth-order valence-corrected chi connectivity index (χ4v) is 1.36. The van der Waals surface area contributed by atoms with E-state index in [1.54, 1.807) is 0 Å². The molecule has 1 aromatic rings. The van der Waals surface area contributed by atoms with E-state index in [1.807, 2.05) is 6.92 Å². The normalized spacial score (nSPS) is 10.4. The highest BCUT2D eigenvalue weighted by Crippen LogP contribution is 2.07. The number of nitrogens with zero attached hydrogens (tertiary/aromatic N) is 1. The van der Waals surface area contributed by atoms with E-state index in [0.29, 0.717) is 12.0 Å². The van der Waals surface area contributed by atoms with Crippen molar-refractivity contribution < 1.29 is 0 Å². The summed E-state index contributed by atoms with van der Waals surface area (Å²) in [4.78, 5) is 24.9. The van der Waals surface area contributed by atoms with Gasteiger partial charge in [0.25, 0.3) is 5.56 Å². The number of halogens is 1. The molecule has 0 aliphatic carbocycles. The molecule has 5 heteroatoms. The second-order valence-electron chi connectivity index (χ2n) is 2.84.